The van der Waals surface area contributed by atoms with Crippen molar-refractivity contribution in [3.05, 3.63) is 88.0 Å². The van der Waals surface area contributed by atoms with Crippen molar-refractivity contribution in [2.24, 2.45) is 0 Å². The highest BCUT2D eigenvalue weighted by Gasteiger charge is 2.42. The summed E-state index contributed by atoms with van der Waals surface area (Å²) in [7, 11) is 1.62. The second-order valence-corrected chi connectivity index (χ2v) is 9.54. The molecule has 7 heteroatoms. The lowest BCUT2D eigenvalue weighted by Crippen LogP contribution is -2.36. The Labute approximate surface area is 210 Å². The number of hydrogen-bond donors (Lipinski definition) is 1. The number of methoxy groups -OCH3 is 1. The van der Waals surface area contributed by atoms with Gasteiger partial charge >= 0.3 is 5.97 Å². The van der Waals surface area contributed by atoms with Gasteiger partial charge in [0.1, 0.15) is 18.2 Å². The van der Waals surface area contributed by atoms with E-state index in [2.05, 4.69) is 5.32 Å². The molecule has 3 atom stereocenters. The number of carbonyl (C=O) groups excluding carboxylic acids is 2. The van der Waals surface area contributed by atoms with Gasteiger partial charge in [-0.3, -0.25) is 4.79 Å². The number of Topliss-reactive ketones (excluding diaryl/α,β-unsaturated/α-hetero) is 1. The largest absolute Gasteiger partial charge is 0.496 e. The maximum atomic E-state index is 13.8. The predicted molar refractivity (Wildman–Crippen MR) is 132 cm³/mol. The van der Waals surface area contributed by atoms with Gasteiger partial charge in [0.25, 0.3) is 0 Å². The van der Waals surface area contributed by atoms with E-state index in [9.17, 15) is 14.0 Å². The van der Waals surface area contributed by atoms with E-state index in [0.717, 1.165) is 29.9 Å². The summed E-state index contributed by atoms with van der Waals surface area (Å²) in [5.74, 6) is -0.867. The van der Waals surface area contributed by atoms with Crippen LogP contribution in [0.25, 0.3) is 0 Å². The molecule has 0 amide bonds. The predicted octanol–water partition coefficient (Wildman–Crippen LogP) is 4.92. The highest BCUT2D eigenvalue weighted by atomic mass is 19.1. The van der Waals surface area contributed by atoms with Crippen LogP contribution in [0.2, 0.25) is 0 Å². The molecule has 6 nitrogen and oxygen atoms in total. The molecule has 1 aliphatic carbocycles. The monoisotopic (exact) mass is 491 g/mol. The van der Waals surface area contributed by atoms with Crippen molar-refractivity contribution in [2.45, 2.75) is 50.5 Å². The molecule has 1 fully saturated rings. The minimum Gasteiger partial charge on any atom is -0.496 e. The zero-order valence-electron chi connectivity index (χ0n) is 20.5. The first-order chi connectivity index (χ1) is 17.5. The Kier molecular flexibility index (Phi) is 6.92. The van der Waals surface area contributed by atoms with Crippen molar-refractivity contribution < 1.29 is 28.2 Å². The summed E-state index contributed by atoms with van der Waals surface area (Å²) in [5.41, 5.74) is 3.99. The van der Waals surface area contributed by atoms with Crippen molar-refractivity contribution in [2.75, 3.05) is 20.3 Å². The molecule has 188 valence electrons. The lowest BCUT2D eigenvalue weighted by Gasteiger charge is -2.37. The normalized spacial score (nSPS) is 23.9. The third-order valence-corrected chi connectivity index (χ3v) is 7.25. The Bertz CT molecular complexity index is 1230. The summed E-state index contributed by atoms with van der Waals surface area (Å²) in [6, 6.07) is 13.7. The number of ketones is 1. The zero-order chi connectivity index (χ0) is 25.2. The van der Waals surface area contributed by atoms with Crippen LogP contribution in [0.1, 0.15) is 55.6 Å². The Hall–Kier alpha value is -3.45. The van der Waals surface area contributed by atoms with Gasteiger partial charge in [-0.15, -0.1) is 0 Å². The first-order valence-electron chi connectivity index (χ1n) is 12.4. The van der Waals surface area contributed by atoms with Crippen LogP contribution in [-0.4, -0.2) is 38.2 Å². The molecule has 2 heterocycles. The summed E-state index contributed by atoms with van der Waals surface area (Å²) in [5, 5.41) is 3.35. The van der Waals surface area contributed by atoms with E-state index in [4.69, 9.17) is 14.2 Å². The fourth-order valence-electron chi connectivity index (χ4n) is 5.54. The molecule has 0 spiro atoms. The third-order valence-electron chi connectivity index (χ3n) is 7.25. The molecule has 0 bridgehead atoms. The zero-order valence-corrected chi connectivity index (χ0v) is 20.5. The highest BCUT2D eigenvalue weighted by Crippen LogP contribution is 2.46. The van der Waals surface area contributed by atoms with Crippen LogP contribution in [0.4, 0.5) is 4.39 Å². The van der Waals surface area contributed by atoms with E-state index in [1.54, 1.807) is 19.2 Å². The SMILES string of the molecule is COc1ccccc1[C@H]1CC(=O)C2=C(C1)NC(C)=C(C(=O)OC[C@H]1CCCO1)[C@@H]2c1ccc(F)cc1. The van der Waals surface area contributed by atoms with Gasteiger partial charge in [-0.25, -0.2) is 9.18 Å². The second-order valence-electron chi connectivity index (χ2n) is 9.54. The fourth-order valence-corrected chi connectivity index (χ4v) is 5.54. The minimum atomic E-state index is -0.634. The van der Waals surface area contributed by atoms with Gasteiger partial charge in [0.15, 0.2) is 5.78 Å². The van der Waals surface area contributed by atoms with Gasteiger partial charge in [0, 0.05) is 41.8 Å². The molecule has 1 N–H and O–H groups in total. The Morgan fingerprint density at radius 2 is 1.92 bits per heavy atom. The molecular weight excluding hydrogens is 461 g/mol. The smallest absolute Gasteiger partial charge is 0.336 e. The van der Waals surface area contributed by atoms with Crippen LogP contribution < -0.4 is 10.1 Å². The second kappa shape index (κ2) is 10.3. The molecule has 0 radical (unpaired) electrons. The number of nitrogens with one attached hydrogen (secondary N) is 1. The lowest BCUT2D eigenvalue weighted by atomic mass is 9.71. The van der Waals surface area contributed by atoms with Crippen LogP contribution in [0, 0.1) is 5.82 Å². The van der Waals surface area contributed by atoms with Crippen LogP contribution in [0.3, 0.4) is 0 Å². The molecule has 2 aromatic rings. The number of rotatable bonds is 6. The number of allylic oxidation sites excluding steroid dienone is 3. The standard InChI is InChI=1S/C29H30FNO5/c1-17-26(29(33)36-16-21-6-5-13-35-21)27(18-9-11-20(30)12-10-18)28-23(31-17)14-19(15-24(28)32)22-7-3-4-8-25(22)34-2/h3-4,7-12,19,21,27,31H,5-6,13-16H2,1-2H3/t19-,21-,27+/m1/s1. The molecule has 3 aliphatic rings. The minimum absolute atomic E-state index is 0.0501. The van der Waals surface area contributed by atoms with Crippen molar-refractivity contribution in [1.29, 1.82) is 0 Å². The highest BCUT2D eigenvalue weighted by molar-refractivity contribution is 6.04. The van der Waals surface area contributed by atoms with E-state index >= 15 is 0 Å². The van der Waals surface area contributed by atoms with Gasteiger partial charge in [-0.1, -0.05) is 30.3 Å². The topological polar surface area (TPSA) is 73.9 Å². The van der Waals surface area contributed by atoms with Crippen molar-refractivity contribution in [3.8, 4) is 5.75 Å². The molecular formula is C29H30FNO5. The molecule has 2 aliphatic heterocycles. The van der Waals surface area contributed by atoms with E-state index in [-0.39, 0.29) is 36.7 Å². The molecule has 36 heavy (non-hydrogen) atoms. The van der Waals surface area contributed by atoms with Crippen molar-refractivity contribution in [1.82, 2.24) is 5.32 Å². The Morgan fingerprint density at radius 3 is 2.64 bits per heavy atom. The molecule has 5 rings (SSSR count). The average Bonchev–Trinajstić information content (AvgIpc) is 3.40. The summed E-state index contributed by atoms with van der Waals surface area (Å²) < 4.78 is 30.6. The van der Waals surface area contributed by atoms with Crippen LogP contribution >= 0.6 is 0 Å². The number of para-hydroxylation sites is 1. The Balaban J connectivity index is 1.50. The van der Waals surface area contributed by atoms with Crippen molar-refractivity contribution >= 4 is 11.8 Å². The first kappa shape index (κ1) is 24.3. The maximum absolute atomic E-state index is 13.8. The van der Waals surface area contributed by atoms with Gasteiger partial charge < -0.3 is 19.5 Å². The summed E-state index contributed by atoms with van der Waals surface area (Å²) in [6.07, 6.45) is 2.57. The van der Waals surface area contributed by atoms with Crippen molar-refractivity contribution in [3.63, 3.8) is 0 Å². The summed E-state index contributed by atoms with van der Waals surface area (Å²) in [6.45, 7) is 2.66. The number of esters is 1. The number of benzene rings is 2. The maximum Gasteiger partial charge on any atom is 0.336 e. The van der Waals surface area contributed by atoms with E-state index in [1.165, 1.54) is 12.1 Å². The first-order valence-corrected chi connectivity index (χ1v) is 12.4. The summed E-state index contributed by atoms with van der Waals surface area (Å²) in [4.78, 5) is 27.1. The number of carbonyl (C=O) groups is 2. The Morgan fingerprint density at radius 1 is 1.14 bits per heavy atom. The molecule has 1 saturated heterocycles. The fraction of sp³-hybridized carbons (Fsp3) is 0.379. The van der Waals surface area contributed by atoms with Gasteiger partial charge in [-0.05, 0) is 55.5 Å². The number of hydrogen-bond acceptors (Lipinski definition) is 6. The van der Waals surface area contributed by atoms with Gasteiger partial charge in [-0.2, -0.15) is 0 Å². The quantitative estimate of drug-likeness (QED) is 0.579. The number of dihydropyridines is 1. The van der Waals surface area contributed by atoms with Gasteiger partial charge in [0.2, 0.25) is 0 Å². The number of ether oxygens (including phenoxy) is 3. The lowest BCUT2D eigenvalue weighted by molar-refractivity contribution is -0.142. The van der Waals surface area contributed by atoms with Crippen LogP contribution in [-0.2, 0) is 19.1 Å². The molecule has 2 aromatic carbocycles. The van der Waals surface area contributed by atoms with E-state index in [0.29, 0.717) is 35.4 Å². The number of halogens is 1. The van der Waals surface area contributed by atoms with Gasteiger partial charge in [0.05, 0.1) is 18.8 Å². The van der Waals surface area contributed by atoms with E-state index in [1.807, 2.05) is 31.2 Å². The average molecular weight is 492 g/mol. The van der Waals surface area contributed by atoms with E-state index < -0.39 is 11.9 Å². The van der Waals surface area contributed by atoms with Crippen LogP contribution in [0.15, 0.2) is 71.1 Å². The molecule has 0 aromatic heterocycles. The summed E-state index contributed by atoms with van der Waals surface area (Å²) >= 11 is 0. The molecule has 0 saturated carbocycles. The molecule has 0 unspecified atom stereocenters. The third kappa shape index (κ3) is 4.67. The van der Waals surface area contributed by atoms with Crippen LogP contribution in [0.5, 0.6) is 5.75 Å².